The monoisotopic (exact) mass is 603 g/mol. The number of hydrogen-bond donors (Lipinski definition) is 1. The standard InChI is InChI=1S/C30H35Cl2N3O4S/c1-6-22-12-16-25(17-13-22)35(40(38,39)26-10-8-7-9-11-26)20-28(36)34(21(2)29(37)33-30(3,4)5)19-23-14-15-24(31)18-27(23)32/h7-18,21H,6,19-20H2,1-5H3,(H,33,37)/t21-/m1/s1. The molecule has 0 aliphatic heterocycles. The summed E-state index contributed by atoms with van der Waals surface area (Å²) in [6.45, 7) is 8.58. The molecule has 0 saturated carbocycles. The van der Waals surface area contributed by atoms with E-state index < -0.39 is 34.1 Å². The average Bonchev–Trinajstić information content (AvgIpc) is 2.90. The van der Waals surface area contributed by atoms with E-state index in [1.54, 1.807) is 55.5 Å². The van der Waals surface area contributed by atoms with E-state index in [9.17, 15) is 18.0 Å². The second-order valence-corrected chi connectivity index (χ2v) is 13.2. The molecule has 3 aromatic rings. The van der Waals surface area contributed by atoms with Crippen molar-refractivity contribution in [3.05, 3.63) is 94.0 Å². The van der Waals surface area contributed by atoms with Gasteiger partial charge in [0, 0.05) is 22.1 Å². The molecule has 0 unspecified atom stereocenters. The number of halogens is 2. The van der Waals surface area contributed by atoms with Gasteiger partial charge in [-0.15, -0.1) is 0 Å². The highest BCUT2D eigenvalue weighted by atomic mass is 35.5. The third-order valence-electron chi connectivity index (χ3n) is 6.26. The molecule has 40 heavy (non-hydrogen) atoms. The highest BCUT2D eigenvalue weighted by Gasteiger charge is 2.33. The largest absolute Gasteiger partial charge is 0.350 e. The minimum absolute atomic E-state index is 0.0262. The van der Waals surface area contributed by atoms with Crippen molar-refractivity contribution in [2.75, 3.05) is 10.8 Å². The smallest absolute Gasteiger partial charge is 0.264 e. The average molecular weight is 605 g/mol. The summed E-state index contributed by atoms with van der Waals surface area (Å²) in [7, 11) is -4.12. The van der Waals surface area contributed by atoms with Gasteiger partial charge in [0.05, 0.1) is 10.6 Å². The van der Waals surface area contributed by atoms with E-state index >= 15 is 0 Å². The van der Waals surface area contributed by atoms with Crippen molar-refractivity contribution in [1.29, 1.82) is 0 Å². The van der Waals surface area contributed by atoms with Crippen molar-refractivity contribution < 1.29 is 18.0 Å². The number of amides is 2. The maximum atomic E-state index is 14.0. The predicted molar refractivity (Wildman–Crippen MR) is 161 cm³/mol. The molecular formula is C30H35Cl2N3O4S. The highest BCUT2D eigenvalue weighted by Crippen LogP contribution is 2.27. The van der Waals surface area contributed by atoms with Crippen LogP contribution in [0.1, 0.15) is 45.7 Å². The number of carbonyl (C=O) groups excluding carboxylic acids is 2. The third kappa shape index (κ3) is 7.99. The van der Waals surface area contributed by atoms with Gasteiger partial charge in [0.1, 0.15) is 12.6 Å². The molecule has 0 aromatic heterocycles. The zero-order valence-corrected chi connectivity index (χ0v) is 25.6. The van der Waals surface area contributed by atoms with Crippen LogP contribution in [0.2, 0.25) is 10.0 Å². The fraction of sp³-hybridized carbons (Fsp3) is 0.333. The molecule has 2 amide bonds. The van der Waals surface area contributed by atoms with Gasteiger partial charge in [0.15, 0.2) is 0 Å². The number of carbonyl (C=O) groups is 2. The summed E-state index contributed by atoms with van der Waals surface area (Å²) in [5, 5.41) is 3.66. The van der Waals surface area contributed by atoms with Crippen LogP contribution in [0.15, 0.2) is 77.7 Å². The summed E-state index contributed by atoms with van der Waals surface area (Å²) >= 11 is 12.5. The fourth-order valence-electron chi connectivity index (χ4n) is 4.04. The molecular weight excluding hydrogens is 569 g/mol. The molecule has 0 fully saturated rings. The summed E-state index contributed by atoms with van der Waals surface area (Å²) in [5.74, 6) is -0.947. The summed E-state index contributed by atoms with van der Waals surface area (Å²) < 4.78 is 28.7. The molecule has 214 valence electrons. The Kier molecular flexibility index (Phi) is 10.3. The van der Waals surface area contributed by atoms with Crippen LogP contribution >= 0.6 is 23.2 Å². The number of sulfonamides is 1. The van der Waals surface area contributed by atoms with Crippen molar-refractivity contribution in [1.82, 2.24) is 10.2 Å². The lowest BCUT2D eigenvalue weighted by Gasteiger charge is -2.33. The first-order chi connectivity index (χ1) is 18.7. The Balaban J connectivity index is 2.05. The molecule has 0 saturated heterocycles. The van der Waals surface area contributed by atoms with Gasteiger partial charge in [-0.05, 0) is 81.6 Å². The first-order valence-electron chi connectivity index (χ1n) is 12.9. The second kappa shape index (κ2) is 13.1. The number of aryl methyl sites for hydroxylation is 1. The Morgan fingerprint density at radius 2 is 1.57 bits per heavy atom. The van der Waals surface area contributed by atoms with Crippen molar-refractivity contribution in [3.8, 4) is 0 Å². The van der Waals surface area contributed by atoms with Gasteiger partial charge in [-0.2, -0.15) is 0 Å². The van der Waals surface area contributed by atoms with Crippen LogP contribution in [-0.2, 0) is 32.6 Å². The molecule has 3 rings (SSSR count). The van der Waals surface area contributed by atoms with Crippen molar-refractivity contribution in [3.63, 3.8) is 0 Å². The summed E-state index contributed by atoms with van der Waals surface area (Å²) in [4.78, 5) is 28.6. The molecule has 0 aliphatic rings. The topological polar surface area (TPSA) is 86.8 Å². The van der Waals surface area contributed by atoms with Crippen molar-refractivity contribution in [2.45, 2.75) is 64.1 Å². The zero-order valence-electron chi connectivity index (χ0n) is 23.3. The Hall–Kier alpha value is -3.07. The Morgan fingerprint density at radius 3 is 2.12 bits per heavy atom. The molecule has 1 N–H and O–H groups in total. The zero-order chi connectivity index (χ0) is 29.7. The molecule has 0 heterocycles. The lowest BCUT2D eigenvalue weighted by atomic mass is 10.1. The van der Waals surface area contributed by atoms with Gasteiger partial charge < -0.3 is 10.2 Å². The van der Waals surface area contributed by atoms with Crippen LogP contribution in [0.25, 0.3) is 0 Å². The molecule has 0 aliphatic carbocycles. The van der Waals surface area contributed by atoms with E-state index in [1.807, 2.05) is 39.8 Å². The maximum Gasteiger partial charge on any atom is 0.264 e. The molecule has 0 bridgehead atoms. The van der Waals surface area contributed by atoms with Crippen molar-refractivity contribution in [2.24, 2.45) is 0 Å². The van der Waals surface area contributed by atoms with Crippen molar-refractivity contribution >= 4 is 50.7 Å². The quantitative estimate of drug-likeness (QED) is 0.304. The number of nitrogens with one attached hydrogen (secondary N) is 1. The van der Waals surface area contributed by atoms with E-state index in [0.29, 0.717) is 21.3 Å². The first-order valence-corrected chi connectivity index (χ1v) is 15.1. The molecule has 3 aromatic carbocycles. The van der Waals surface area contributed by atoms with Gasteiger partial charge in [0.25, 0.3) is 10.0 Å². The lowest BCUT2D eigenvalue weighted by molar-refractivity contribution is -0.140. The molecule has 0 radical (unpaired) electrons. The van der Waals surface area contributed by atoms with Gasteiger partial charge in [-0.3, -0.25) is 13.9 Å². The van der Waals surface area contributed by atoms with E-state index in [-0.39, 0.29) is 17.3 Å². The van der Waals surface area contributed by atoms with Crippen LogP contribution in [0.4, 0.5) is 5.69 Å². The number of hydrogen-bond acceptors (Lipinski definition) is 4. The number of anilines is 1. The number of nitrogens with zero attached hydrogens (tertiary/aromatic N) is 2. The normalized spacial score (nSPS) is 12.5. The summed E-state index contributed by atoms with van der Waals surface area (Å²) in [5.41, 5.74) is 1.39. The van der Waals surface area contributed by atoms with Gasteiger partial charge in [-0.1, -0.05) is 66.5 Å². The number of rotatable bonds is 10. The minimum Gasteiger partial charge on any atom is -0.350 e. The van der Waals surface area contributed by atoms with Crippen LogP contribution in [0.5, 0.6) is 0 Å². The van der Waals surface area contributed by atoms with Crippen LogP contribution in [0, 0.1) is 0 Å². The van der Waals surface area contributed by atoms with E-state index in [1.165, 1.54) is 17.0 Å². The minimum atomic E-state index is -4.12. The fourth-order valence-corrected chi connectivity index (χ4v) is 5.94. The first kappa shape index (κ1) is 31.5. The SMILES string of the molecule is CCc1ccc(N(CC(=O)N(Cc2ccc(Cl)cc2Cl)[C@H](C)C(=O)NC(C)(C)C)S(=O)(=O)c2ccccc2)cc1. The Bertz CT molecular complexity index is 1440. The van der Waals surface area contributed by atoms with Gasteiger partial charge in [0.2, 0.25) is 11.8 Å². The van der Waals surface area contributed by atoms with Gasteiger partial charge >= 0.3 is 0 Å². The predicted octanol–water partition coefficient (Wildman–Crippen LogP) is 6.08. The molecule has 10 heteroatoms. The molecule has 7 nitrogen and oxygen atoms in total. The molecule has 0 spiro atoms. The summed E-state index contributed by atoms with van der Waals surface area (Å²) in [6, 6.07) is 18.9. The van der Waals surface area contributed by atoms with E-state index in [4.69, 9.17) is 23.2 Å². The van der Waals surface area contributed by atoms with Crippen LogP contribution in [0.3, 0.4) is 0 Å². The van der Waals surface area contributed by atoms with E-state index in [2.05, 4.69) is 5.32 Å². The highest BCUT2D eigenvalue weighted by molar-refractivity contribution is 7.92. The molecule has 1 atom stereocenters. The Labute approximate surface area is 247 Å². The lowest BCUT2D eigenvalue weighted by Crippen LogP contribution is -2.54. The summed E-state index contributed by atoms with van der Waals surface area (Å²) in [6.07, 6.45) is 0.778. The number of benzene rings is 3. The third-order valence-corrected chi connectivity index (χ3v) is 8.64. The van der Waals surface area contributed by atoms with Crippen LogP contribution < -0.4 is 9.62 Å². The van der Waals surface area contributed by atoms with Crippen LogP contribution in [-0.4, -0.2) is 43.3 Å². The maximum absolute atomic E-state index is 14.0. The van der Waals surface area contributed by atoms with E-state index in [0.717, 1.165) is 16.3 Å². The van der Waals surface area contributed by atoms with Gasteiger partial charge in [-0.25, -0.2) is 8.42 Å². The second-order valence-electron chi connectivity index (χ2n) is 10.5. The Morgan fingerprint density at radius 1 is 0.950 bits per heavy atom.